The summed E-state index contributed by atoms with van der Waals surface area (Å²) in [6.45, 7) is 0.630. The van der Waals surface area contributed by atoms with E-state index < -0.39 is 0 Å². The molecule has 0 fully saturated rings. The van der Waals surface area contributed by atoms with Crippen molar-refractivity contribution in [2.45, 2.75) is 6.61 Å². The zero-order valence-electron chi connectivity index (χ0n) is 9.73. The van der Waals surface area contributed by atoms with Crippen LogP contribution >= 0.6 is 27.5 Å². The van der Waals surface area contributed by atoms with E-state index in [-0.39, 0.29) is 6.79 Å². The Bertz CT molecular complexity index is 621. The first-order chi connectivity index (χ1) is 9.22. The highest BCUT2D eigenvalue weighted by Crippen LogP contribution is 2.33. The minimum absolute atomic E-state index is 0.264. The van der Waals surface area contributed by atoms with Crippen LogP contribution in [0, 0.1) is 0 Å². The molecular weight excluding hydrogens is 334 g/mol. The Labute approximate surface area is 123 Å². The Kier molecular flexibility index (Phi) is 3.48. The first kappa shape index (κ1) is 12.6. The Balaban J connectivity index is 1.72. The molecule has 1 aliphatic heterocycles. The minimum atomic E-state index is 0.264. The number of halogens is 2. The van der Waals surface area contributed by atoms with Gasteiger partial charge in [0, 0.05) is 10.7 Å². The highest BCUT2D eigenvalue weighted by Gasteiger charge is 2.13. The van der Waals surface area contributed by atoms with Crippen LogP contribution in [0.5, 0.6) is 17.4 Å². The molecule has 0 amide bonds. The summed E-state index contributed by atoms with van der Waals surface area (Å²) in [4.78, 5) is 4.11. The third-order valence-corrected chi connectivity index (χ3v) is 3.29. The molecule has 0 saturated carbocycles. The van der Waals surface area contributed by atoms with Gasteiger partial charge >= 0.3 is 0 Å². The van der Waals surface area contributed by atoms with Crippen LogP contribution in [0.3, 0.4) is 0 Å². The molecule has 6 heteroatoms. The summed E-state index contributed by atoms with van der Waals surface area (Å²) >= 11 is 9.32. The molecule has 1 aromatic heterocycles. The van der Waals surface area contributed by atoms with E-state index in [1.165, 1.54) is 0 Å². The van der Waals surface area contributed by atoms with Gasteiger partial charge in [0.05, 0.1) is 0 Å². The summed E-state index contributed by atoms with van der Waals surface area (Å²) in [6.07, 6.45) is 1.64. The third-order valence-electron chi connectivity index (χ3n) is 2.59. The molecule has 98 valence electrons. The lowest BCUT2D eigenvalue weighted by molar-refractivity contribution is 0.174. The molecule has 0 aliphatic carbocycles. The molecule has 0 spiro atoms. The molecule has 0 saturated heterocycles. The van der Waals surface area contributed by atoms with Gasteiger partial charge in [-0.2, -0.15) is 0 Å². The summed E-state index contributed by atoms with van der Waals surface area (Å²) in [6, 6.07) is 7.40. The number of hydrogen-bond donors (Lipinski definition) is 0. The van der Waals surface area contributed by atoms with E-state index in [4.69, 9.17) is 25.8 Å². The maximum atomic E-state index is 6.03. The second-order valence-electron chi connectivity index (χ2n) is 3.92. The maximum Gasteiger partial charge on any atom is 0.232 e. The third kappa shape index (κ3) is 2.77. The number of pyridine rings is 1. The van der Waals surface area contributed by atoms with Crippen LogP contribution in [0.15, 0.2) is 34.9 Å². The van der Waals surface area contributed by atoms with E-state index in [9.17, 15) is 0 Å². The molecule has 19 heavy (non-hydrogen) atoms. The van der Waals surface area contributed by atoms with Gasteiger partial charge in [-0.15, -0.1) is 0 Å². The van der Waals surface area contributed by atoms with Gasteiger partial charge in [0.15, 0.2) is 11.5 Å². The van der Waals surface area contributed by atoms with Crippen molar-refractivity contribution in [3.05, 3.63) is 45.5 Å². The highest BCUT2D eigenvalue weighted by molar-refractivity contribution is 9.10. The monoisotopic (exact) mass is 341 g/mol. The highest BCUT2D eigenvalue weighted by atomic mass is 79.9. The van der Waals surface area contributed by atoms with Crippen molar-refractivity contribution in [2.24, 2.45) is 0 Å². The lowest BCUT2D eigenvalue weighted by Gasteiger charge is -2.07. The molecule has 0 unspecified atom stereocenters. The summed E-state index contributed by atoms with van der Waals surface area (Å²) in [7, 11) is 0. The number of nitrogens with zero attached hydrogens (tertiary/aromatic N) is 1. The molecule has 4 nitrogen and oxygen atoms in total. The van der Waals surface area contributed by atoms with Crippen molar-refractivity contribution in [1.29, 1.82) is 0 Å². The van der Waals surface area contributed by atoms with Gasteiger partial charge in [0.25, 0.3) is 0 Å². The lowest BCUT2D eigenvalue weighted by atomic mass is 10.2. The average Bonchev–Trinajstić information content (AvgIpc) is 2.85. The minimum Gasteiger partial charge on any atom is -0.472 e. The van der Waals surface area contributed by atoms with Crippen molar-refractivity contribution in [2.75, 3.05) is 6.79 Å². The van der Waals surface area contributed by atoms with E-state index in [1.807, 2.05) is 18.2 Å². The number of hydrogen-bond acceptors (Lipinski definition) is 4. The van der Waals surface area contributed by atoms with Gasteiger partial charge < -0.3 is 14.2 Å². The zero-order chi connectivity index (χ0) is 13.2. The average molecular weight is 343 g/mol. The molecular formula is C13H9BrClNO3. The zero-order valence-corrected chi connectivity index (χ0v) is 12.1. The number of fused-ring (bicyclic) bond motifs is 1. The van der Waals surface area contributed by atoms with Crippen LogP contribution in [0.2, 0.25) is 5.02 Å². The predicted octanol–water partition coefficient (Wildman–Crippen LogP) is 3.81. The summed E-state index contributed by atoms with van der Waals surface area (Å²) in [5, 5.41) is 0.468. The van der Waals surface area contributed by atoms with Crippen molar-refractivity contribution in [1.82, 2.24) is 4.98 Å². The molecule has 1 aromatic carbocycles. The fraction of sp³-hybridized carbons (Fsp3) is 0.154. The summed E-state index contributed by atoms with van der Waals surface area (Å²) < 4.78 is 16.9. The molecule has 2 heterocycles. The first-order valence-electron chi connectivity index (χ1n) is 5.55. The Morgan fingerprint density at radius 3 is 2.95 bits per heavy atom. The van der Waals surface area contributed by atoms with Gasteiger partial charge in [-0.25, -0.2) is 4.98 Å². The number of ether oxygens (including phenoxy) is 3. The quantitative estimate of drug-likeness (QED) is 0.850. The molecule has 1 aliphatic rings. The smallest absolute Gasteiger partial charge is 0.232 e. The van der Waals surface area contributed by atoms with Crippen LogP contribution < -0.4 is 14.2 Å². The fourth-order valence-electron chi connectivity index (χ4n) is 1.69. The SMILES string of the molecule is Clc1cc(Br)cnc1OCc1ccc2c(c1)OCO2. The normalized spacial score (nSPS) is 12.5. The summed E-state index contributed by atoms with van der Waals surface area (Å²) in [5.74, 6) is 1.89. The van der Waals surface area contributed by atoms with Gasteiger partial charge in [0.2, 0.25) is 12.7 Å². The lowest BCUT2D eigenvalue weighted by Crippen LogP contribution is -1.98. The Hall–Kier alpha value is -1.46. The Morgan fingerprint density at radius 1 is 1.26 bits per heavy atom. The second kappa shape index (κ2) is 5.27. The Morgan fingerprint density at radius 2 is 2.11 bits per heavy atom. The van der Waals surface area contributed by atoms with Gasteiger partial charge in [-0.3, -0.25) is 0 Å². The molecule has 0 radical (unpaired) electrons. The van der Waals surface area contributed by atoms with Gasteiger partial charge in [-0.05, 0) is 39.7 Å². The van der Waals surface area contributed by atoms with E-state index >= 15 is 0 Å². The number of benzene rings is 1. The van der Waals surface area contributed by atoms with E-state index in [1.54, 1.807) is 12.3 Å². The molecule has 0 atom stereocenters. The maximum absolute atomic E-state index is 6.03. The van der Waals surface area contributed by atoms with Crippen molar-refractivity contribution in [3.63, 3.8) is 0 Å². The molecule has 3 rings (SSSR count). The largest absolute Gasteiger partial charge is 0.472 e. The summed E-state index contributed by atoms with van der Waals surface area (Å²) in [5.41, 5.74) is 0.963. The van der Waals surface area contributed by atoms with E-state index in [0.717, 1.165) is 21.5 Å². The molecule has 2 aromatic rings. The topological polar surface area (TPSA) is 40.6 Å². The van der Waals surface area contributed by atoms with Crippen LogP contribution in [-0.4, -0.2) is 11.8 Å². The molecule has 0 bridgehead atoms. The van der Waals surface area contributed by atoms with Crippen molar-refractivity contribution in [3.8, 4) is 17.4 Å². The van der Waals surface area contributed by atoms with Crippen molar-refractivity contribution < 1.29 is 14.2 Å². The predicted molar refractivity (Wildman–Crippen MR) is 73.8 cm³/mol. The number of aromatic nitrogens is 1. The second-order valence-corrected chi connectivity index (χ2v) is 5.24. The first-order valence-corrected chi connectivity index (χ1v) is 6.72. The van der Waals surface area contributed by atoms with Crippen LogP contribution in [0.4, 0.5) is 0 Å². The number of rotatable bonds is 3. The standard InChI is InChI=1S/C13H9BrClNO3/c14-9-4-10(15)13(16-5-9)17-6-8-1-2-11-12(3-8)19-7-18-11/h1-5H,6-7H2. The van der Waals surface area contributed by atoms with Gasteiger partial charge in [-0.1, -0.05) is 17.7 Å². The van der Waals surface area contributed by atoms with E-state index in [2.05, 4.69) is 20.9 Å². The van der Waals surface area contributed by atoms with Gasteiger partial charge in [0.1, 0.15) is 11.6 Å². The van der Waals surface area contributed by atoms with Crippen molar-refractivity contribution >= 4 is 27.5 Å². The van der Waals surface area contributed by atoms with E-state index in [0.29, 0.717) is 17.5 Å². The van der Waals surface area contributed by atoms with Crippen LogP contribution in [0.25, 0.3) is 0 Å². The van der Waals surface area contributed by atoms with Crippen LogP contribution in [-0.2, 0) is 6.61 Å². The fourth-order valence-corrected chi connectivity index (χ4v) is 2.37. The molecule has 0 N–H and O–H groups in total. The van der Waals surface area contributed by atoms with Crippen LogP contribution in [0.1, 0.15) is 5.56 Å².